The number of methoxy groups -OCH3 is 1. The standard InChI is InChI=1S/C26H28N2O3/c1-31-24-14-5-3-9-21(24)17-27-26(30)22-12-7-15-28(18-22)25(29)16-20-11-6-10-19-8-2-4-13-23(19)20/h2-6,8-11,13-14,22H,7,12,15-18H2,1H3,(H,27,30)/t22-/m1/s1. The maximum absolute atomic E-state index is 13.0. The van der Waals surface area contributed by atoms with Gasteiger partial charge in [0.1, 0.15) is 5.75 Å². The highest BCUT2D eigenvalue weighted by molar-refractivity contribution is 5.90. The molecule has 1 N–H and O–H groups in total. The molecule has 5 nitrogen and oxygen atoms in total. The minimum atomic E-state index is -0.181. The summed E-state index contributed by atoms with van der Waals surface area (Å²) in [4.78, 5) is 27.6. The third-order valence-electron chi connectivity index (χ3n) is 6.01. The van der Waals surface area contributed by atoms with Crippen LogP contribution < -0.4 is 10.1 Å². The maximum atomic E-state index is 13.0. The van der Waals surface area contributed by atoms with Crippen LogP contribution in [0.25, 0.3) is 10.8 Å². The van der Waals surface area contributed by atoms with Gasteiger partial charge in [0.25, 0.3) is 0 Å². The second-order valence-corrected chi connectivity index (χ2v) is 8.02. The largest absolute Gasteiger partial charge is 0.496 e. The number of carbonyl (C=O) groups is 2. The number of rotatable bonds is 6. The highest BCUT2D eigenvalue weighted by Crippen LogP contribution is 2.22. The number of hydrogen-bond acceptors (Lipinski definition) is 3. The summed E-state index contributed by atoms with van der Waals surface area (Å²) in [6, 6.07) is 21.9. The van der Waals surface area contributed by atoms with Crippen LogP contribution >= 0.6 is 0 Å². The minimum absolute atomic E-state index is 0.00596. The Labute approximate surface area is 183 Å². The van der Waals surface area contributed by atoms with Crippen molar-refractivity contribution in [3.63, 3.8) is 0 Å². The molecule has 0 unspecified atom stereocenters. The summed E-state index contributed by atoms with van der Waals surface area (Å²) in [7, 11) is 1.63. The molecule has 0 aliphatic carbocycles. The third-order valence-corrected chi connectivity index (χ3v) is 6.01. The Morgan fingerprint density at radius 1 is 1.00 bits per heavy atom. The van der Waals surface area contributed by atoms with Gasteiger partial charge in [0.05, 0.1) is 19.4 Å². The van der Waals surface area contributed by atoms with Crippen LogP contribution in [0.15, 0.2) is 66.7 Å². The number of ether oxygens (including phenoxy) is 1. The van der Waals surface area contributed by atoms with Crippen LogP contribution in [0.4, 0.5) is 0 Å². The predicted molar refractivity (Wildman–Crippen MR) is 122 cm³/mol. The van der Waals surface area contributed by atoms with Gasteiger partial charge >= 0.3 is 0 Å². The van der Waals surface area contributed by atoms with E-state index in [0.717, 1.165) is 40.5 Å². The van der Waals surface area contributed by atoms with E-state index in [4.69, 9.17) is 4.74 Å². The first-order valence-electron chi connectivity index (χ1n) is 10.8. The molecule has 0 saturated carbocycles. The molecule has 1 aliphatic heterocycles. The zero-order valence-corrected chi connectivity index (χ0v) is 17.8. The molecule has 4 rings (SSSR count). The zero-order chi connectivity index (χ0) is 21.6. The van der Waals surface area contributed by atoms with Crippen LogP contribution in [0.1, 0.15) is 24.0 Å². The summed E-state index contributed by atoms with van der Waals surface area (Å²) in [5.74, 6) is 0.658. The smallest absolute Gasteiger partial charge is 0.227 e. The van der Waals surface area contributed by atoms with E-state index in [1.54, 1.807) is 7.11 Å². The molecule has 1 fully saturated rings. The summed E-state index contributed by atoms with van der Waals surface area (Å²) in [5, 5.41) is 5.27. The van der Waals surface area contributed by atoms with Gasteiger partial charge in [0.2, 0.25) is 11.8 Å². The maximum Gasteiger partial charge on any atom is 0.227 e. The van der Waals surface area contributed by atoms with Crippen LogP contribution in [0.2, 0.25) is 0 Å². The van der Waals surface area contributed by atoms with E-state index in [0.29, 0.717) is 26.1 Å². The first-order valence-corrected chi connectivity index (χ1v) is 10.8. The van der Waals surface area contributed by atoms with Crippen LogP contribution in [0, 0.1) is 5.92 Å². The molecule has 5 heteroatoms. The number of benzene rings is 3. The van der Waals surface area contributed by atoms with Gasteiger partial charge < -0.3 is 15.0 Å². The number of piperidine rings is 1. The first-order chi connectivity index (χ1) is 15.2. The highest BCUT2D eigenvalue weighted by Gasteiger charge is 2.28. The van der Waals surface area contributed by atoms with Gasteiger partial charge in [-0.2, -0.15) is 0 Å². The van der Waals surface area contributed by atoms with E-state index < -0.39 is 0 Å². The lowest BCUT2D eigenvalue weighted by Gasteiger charge is -2.32. The van der Waals surface area contributed by atoms with Crippen molar-refractivity contribution in [2.45, 2.75) is 25.8 Å². The number of hydrogen-bond donors (Lipinski definition) is 1. The third kappa shape index (κ3) is 4.88. The normalized spacial score (nSPS) is 16.2. The summed E-state index contributed by atoms with van der Waals surface area (Å²) in [6.45, 7) is 1.60. The lowest BCUT2D eigenvalue weighted by Crippen LogP contribution is -2.45. The van der Waals surface area contributed by atoms with E-state index in [1.165, 1.54) is 0 Å². The van der Waals surface area contributed by atoms with Crippen LogP contribution in [0.5, 0.6) is 5.75 Å². The second-order valence-electron chi connectivity index (χ2n) is 8.02. The van der Waals surface area contributed by atoms with Crippen molar-refractivity contribution in [2.24, 2.45) is 5.92 Å². The van der Waals surface area contributed by atoms with E-state index in [9.17, 15) is 9.59 Å². The summed E-state index contributed by atoms with van der Waals surface area (Å²) in [5.41, 5.74) is 1.98. The molecule has 160 valence electrons. The molecular weight excluding hydrogens is 388 g/mol. The molecule has 31 heavy (non-hydrogen) atoms. The lowest BCUT2D eigenvalue weighted by atomic mass is 9.95. The van der Waals surface area contributed by atoms with Crippen LogP contribution in [-0.2, 0) is 22.6 Å². The Balaban J connectivity index is 1.37. The molecule has 1 heterocycles. The number of fused-ring (bicyclic) bond motifs is 1. The van der Waals surface area contributed by atoms with Gasteiger partial charge in [-0.1, -0.05) is 60.7 Å². The van der Waals surface area contributed by atoms with Crippen molar-refractivity contribution in [3.05, 3.63) is 77.9 Å². The van der Waals surface area contributed by atoms with Crippen molar-refractivity contribution in [3.8, 4) is 5.75 Å². The molecule has 0 bridgehead atoms. The fourth-order valence-corrected chi connectivity index (χ4v) is 4.31. The number of nitrogens with one attached hydrogen (secondary N) is 1. The minimum Gasteiger partial charge on any atom is -0.496 e. The summed E-state index contributed by atoms with van der Waals surface area (Å²) < 4.78 is 5.35. The number of amides is 2. The molecule has 1 atom stereocenters. The van der Waals surface area contributed by atoms with Crippen molar-refractivity contribution >= 4 is 22.6 Å². The summed E-state index contributed by atoms with van der Waals surface area (Å²) >= 11 is 0. The van der Waals surface area contributed by atoms with Gasteiger partial charge in [0.15, 0.2) is 0 Å². The van der Waals surface area contributed by atoms with Gasteiger partial charge in [-0.05, 0) is 35.2 Å². The number of likely N-dealkylation sites (tertiary alicyclic amines) is 1. The van der Waals surface area contributed by atoms with Crippen LogP contribution in [-0.4, -0.2) is 36.9 Å². The fraction of sp³-hybridized carbons (Fsp3) is 0.308. The van der Waals surface area contributed by atoms with E-state index >= 15 is 0 Å². The Morgan fingerprint density at radius 2 is 1.74 bits per heavy atom. The monoisotopic (exact) mass is 416 g/mol. The quantitative estimate of drug-likeness (QED) is 0.662. The van der Waals surface area contributed by atoms with Crippen molar-refractivity contribution in [1.82, 2.24) is 10.2 Å². The Kier molecular flexibility index (Phi) is 6.51. The molecule has 1 saturated heterocycles. The summed E-state index contributed by atoms with van der Waals surface area (Å²) in [6.07, 6.45) is 2.00. The van der Waals surface area contributed by atoms with Crippen LogP contribution in [0.3, 0.4) is 0 Å². The van der Waals surface area contributed by atoms with E-state index in [-0.39, 0.29) is 17.7 Å². The van der Waals surface area contributed by atoms with E-state index in [2.05, 4.69) is 23.5 Å². The molecule has 0 aromatic heterocycles. The predicted octanol–water partition coefficient (Wildman–Crippen LogP) is 3.95. The molecule has 2 amide bonds. The number of nitrogens with zero attached hydrogens (tertiary/aromatic N) is 1. The lowest BCUT2D eigenvalue weighted by molar-refractivity contribution is -0.135. The van der Waals surface area contributed by atoms with Gasteiger partial charge in [-0.3, -0.25) is 9.59 Å². The second kappa shape index (κ2) is 9.65. The average molecular weight is 417 g/mol. The topological polar surface area (TPSA) is 58.6 Å². The first kappa shape index (κ1) is 20.9. The number of para-hydroxylation sites is 1. The molecule has 3 aromatic rings. The van der Waals surface area contributed by atoms with Gasteiger partial charge in [-0.25, -0.2) is 0 Å². The Morgan fingerprint density at radius 3 is 2.61 bits per heavy atom. The Hall–Kier alpha value is -3.34. The van der Waals surface area contributed by atoms with Crippen molar-refractivity contribution in [1.29, 1.82) is 0 Å². The Bertz CT molecular complexity index is 1070. The fourth-order valence-electron chi connectivity index (χ4n) is 4.31. The molecule has 1 aliphatic rings. The highest BCUT2D eigenvalue weighted by atomic mass is 16.5. The van der Waals surface area contributed by atoms with Crippen molar-refractivity contribution < 1.29 is 14.3 Å². The molecule has 0 spiro atoms. The molecule has 3 aromatic carbocycles. The van der Waals surface area contributed by atoms with Crippen molar-refractivity contribution in [2.75, 3.05) is 20.2 Å². The molecule has 0 radical (unpaired) electrons. The van der Waals surface area contributed by atoms with Gasteiger partial charge in [0, 0.05) is 25.2 Å². The van der Waals surface area contributed by atoms with Gasteiger partial charge in [-0.15, -0.1) is 0 Å². The SMILES string of the molecule is COc1ccccc1CNC(=O)[C@@H]1CCCN(C(=O)Cc2cccc3ccccc23)C1. The zero-order valence-electron chi connectivity index (χ0n) is 17.8. The number of carbonyl (C=O) groups excluding carboxylic acids is 2. The van der Waals surface area contributed by atoms with E-state index in [1.807, 2.05) is 53.4 Å². The molecular formula is C26H28N2O3. The average Bonchev–Trinajstić information content (AvgIpc) is 2.83.